The predicted molar refractivity (Wildman–Crippen MR) is 131 cm³/mol. The summed E-state index contributed by atoms with van der Waals surface area (Å²) < 4.78 is 6.02. The average molecular weight is 459 g/mol. The highest BCUT2D eigenvalue weighted by Gasteiger charge is 2.30. The van der Waals surface area contributed by atoms with E-state index in [2.05, 4.69) is 33.5 Å². The predicted octanol–water partition coefficient (Wildman–Crippen LogP) is 5.03. The molecule has 2 aromatic heterocycles. The summed E-state index contributed by atoms with van der Waals surface area (Å²) in [6, 6.07) is 14.3. The van der Waals surface area contributed by atoms with Gasteiger partial charge in [0.05, 0.1) is 17.2 Å². The maximum atomic E-state index is 13.3. The largest absolute Gasteiger partial charge is 0.440 e. The lowest BCUT2D eigenvalue weighted by molar-refractivity contribution is -0.120. The van der Waals surface area contributed by atoms with E-state index in [1.807, 2.05) is 36.1 Å². The molecule has 0 spiro atoms. The van der Waals surface area contributed by atoms with Crippen molar-refractivity contribution in [3.63, 3.8) is 0 Å². The van der Waals surface area contributed by atoms with Crippen molar-refractivity contribution in [2.45, 2.75) is 32.1 Å². The zero-order chi connectivity index (χ0) is 22.4. The lowest BCUT2D eigenvalue weighted by atomic mass is 9.98. The van der Waals surface area contributed by atoms with Crippen LogP contribution in [0.1, 0.15) is 35.2 Å². The summed E-state index contributed by atoms with van der Waals surface area (Å²) >= 11 is 1.66. The van der Waals surface area contributed by atoms with E-state index in [-0.39, 0.29) is 11.8 Å². The Morgan fingerprint density at radius 2 is 2.09 bits per heavy atom. The first-order chi connectivity index (χ1) is 16.1. The van der Waals surface area contributed by atoms with Crippen molar-refractivity contribution in [2.75, 3.05) is 31.1 Å². The smallest absolute Gasteiger partial charge is 0.241 e. The van der Waals surface area contributed by atoms with E-state index in [0.717, 1.165) is 77.8 Å². The number of anilines is 1. The van der Waals surface area contributed by atoms with Crippen molar-refractivity contribution in [1.29, 1.82) is 0 Å². The highest BCUT2D eigenvalue weighted by Crippen LogP contribution is 2.34. The second-order valence-electron chi connectivity index (χ2n) is 8.98. The first kappa shape index (κ1) is 20.6. The van der Waals surface area contributed by atoms with Crippen LogP contribution in [-0.2, 0) is 11.2 Å². The number of benzene rings is 2. The second kappa shape index (κ2) is 8.39. The number of hydrogen-bond acceptors (Lipinski definition) is 6. The molecule has 4 aromatic rings. The minimum Gasteiger partial charge on any atom is -0.440 e. The molecule has 2 aromatic carbocycles. The standard InChI is InChI=1S/C26H26N4O2S/c1-17-27-22(16-33-17)18-8-9-23-19(13-18)10-12-30(23)25(31)15-29-11-4-5-20(14-29)26-28-21-6-2-3-7-24(21)32-26/h2-3,6-9,13,16,20H,4-5,10-12,14-15H2,1H3. The fourth-order valence-corrected chi connectivity index (χ4v) is 5.68. The number of aryl methyl sites for hydroxylation is 1. The molecule has 4 heterocycles. The summed E-state index contributed by atoms with van der Waals surface area (Å²) in [4.78, 5) is 26.8. The Labute approximate surface area is 196 Å². The summed E-state index contributed by atoms with van der Waals surface area (Å²) in [7, 11) is 0. The summed E-state index contributed by atoms with van der Waals surface area (Å²) in [6.45, 7) is 4.95. The van der Waals surface area contributed by atoms with Crippen LogP contribution in [0.2, 0.25) is 0 Å². The van der Waals surface area contributed by atoms with E-state index < -0.39 is 0 Å². The van der Waals surface area contributed by atoms with Crippen LogP contribution in [0.25, 0.3) is 22.4 Å². The molecule has 2 aliphatic rings. The topological polar surface area (TPSA) is 62.5 Å². The number of hydrogen-bond donors (Lipinski definition) is 0. The number of rotatable bonds is 4. The van der Waals surface area contributed by atoms with Gasteiger partial charge in [-0.3, -0.25) is 9.69 Å². The second-order valence-corrected chi connectivity index (χ2v) is 10.0. The lowest BCUT2D eigenvalue weighted by Gasteiger charge is -2.32. The molecule has 33 heavy (non-hydrogen) atoms. The fourth-order valence-electron chi connectivity index (χ4n) is 5.06. The maximum Gasteiger partial charge on any atom is 0.241 e. The summed E-state index contributed by atoms with van der Waals surface area (Å²) in [6.07, 6.45) is 2.98. The van der Waals surface area contributed by atoms with Gasteiger partial charge in [0.1, 0.15) is 5.52 Å². The van der Waals surface area contributed by atoms with Crippen LogP contribution in [0.5, 0.6) is 0 Å². The van der Waals surface area contributed by atoms with Crippen molar-refractivity contribution < 1.29 is 9.21 Å². The number of carbonyl (C=O) groups excluding carboxylic acids is 1. The van der Waals surface area contributed by atoms with Crippen molar-refractivity contribution in [3.8, 4) is 11.3 Å². The number of amides is 1. The van der Waals surface area contributed by atoms with Gasteiger partial charge in [0.15, 0.2) is 11.5 Å². The molecule has 7 heteroatoms. The quantitative estimate of drug-likeness (QED) is 0.429. The van der Waals surface area contributed by atoms with Crippen molar-refractivity contribution in [3.05, 3.63) is 64.3 Å². The van der Waals surface area contributed by atoms with Crippen molar-refractivity contribution in [1.82, 2.24) is 14.9 Å². The van der Waals surface area contributed by atoms with Gasteiger partial charge in [0.2, 0.25) is 5.91 Å². The Balaban J connectivity index is 1.14. The number of thiazole rings is 1. The third-order valence-corrected chi connectivity index (χ3v) is 7.49. The average Bonchev–Trinajstić information content (AvgIpc) is 3.56. The number of likely N-dealkylation sites (tertiary alicyclic amines) is 1. The highest BCUT2D eigenvalue weighted by molar-refractivity contribution is 7.09. The van der Waals surface area contributed by atoms with Crippen LogP contribution in [0.4, 0.5) is 5.69 Å². The third kappa shape index (κ3) is 3.96. The number of nitrogens with zero attached hydrogens (tertiary/aromatic N) is 4. The van der Waals surface area contributed by atoms with E-state index in [9.17, 15) is 4.79 Å². The Morgan fingerprint density at radius 3 is 2.94 bits per heavy atom. The minimum absolute atomic E-state index is 0.171. The molecule has 0 aliphatic carbocycles. The molecular weight excluding hydrogens is 432 g/mol. The van der Waals surface area contributed by atoms with E-state index >= 15 is 0 Å². The van der Waals surface area contributed by atoms with Crippen LogP contribution in [-0.4, -0.2) is 47.0 Å². The number of fused-ring (bicyclic) bond motifs is 2. The highest BCUT2D eigenvalue weighted by atomic mass is 32.1. The zero-order valence-corrected chi connectivity index (χ0v) is 19.5. The number of oxazole rings is 1. The molecule has 1 saturated heterocycles. The molecule has 0 N–H and O–H groups in total. The molecular formula is C26H26N4O2S. The third-order valence-electron chi connectivity index (χ3n) is 6.71. The van der Waals surface area contributed by atoms with Crippen LogP contribution in [0.15, 0.2) is 52.3 Å². The van der Waals surface area contributed by atoms with Crippen molar-refractivity contribution >= 4 is 34.0 Å². The summed E-state index contributed by atoms with van der Waals surface area (Å²) in [5.41, 5.74) is 6.16. The number of carbonyl (C=O) groups is 1. The van der Waals surface area contributed by atoms with Gasteiger partial charge in [0.25, 0.3) is 0 Å². The van der Waals surface area contributed by atoms with Gasteiger partial charge in [-0.1, -0.05) is 18.2 Å². The molecule has 1 fully saturated rings. The van der Waals surface area contributed by atoms with E-state index in [1.54, 1.807) is 11.3 Å². The first-order valence-electron chi connectivity index (χ1n) is 11.6. The Morgan fingerprint density at radius 1 is 1.18 bits per heavy atom. The normalized spacial score (nSPS) is 18.7. The first-order valence-corrected chi connectivity index (χ1v) is 12.5. The van der Waals surface area contributed by atoms with Gasteiger partial charge in [-0.15, -0.1) is 11.3 Å². The molecule has 0 radical (unpaired) electrons. The monoisotopic (exact) mass is 458 g/mol. The molecule has 1 unspecified atom stereocenters. The molecule has 6 rings (SSSR count). The number of aromatic nitrogens is 2. The fraction of sp³-hybridized carbons (Fsp3) is 0.346. The van der Waals surface area contributed by atoms with Crippen LogP contribution in [0.3, 0.4) is 0 Å². The van der Waals surface area contributed by atoms with E-state index in [1.165, 1.54) is 5.56 Å². The molecule has 6 nitrogen and oxygen atoms in total. The van der Waals surface area contributed by atoms with Gasteiger partial charge >= 0.3 is 0 Å². The van der Waals surface area contributed by atoms with E-state index in [4.69, 9.17) is 9.40 Å². The van der Waals surface area contributed by atoms with Crippen molar-refractivity contribution in [2.24, 2.45) is 0 Å². The van der Waals surface area contributed by atoms with Gasteiger partial charge in [-0.25, -0.2) is 9.97 Å². The molecule has 1 amide bonds. The van der Waals surface area contributed by atoms with Gasteiger partial charge in [0, 0.05) is 35.6 Å². The Hall–Kier alpha value is -3.03. The molecule has 2 aliphatic heterocycles. The maximum absolute atomic E-state index is 13.3. The van der Waals surface area contributed by atoms with E-state index in [0.29, 0.717) is 6.54 Å². The molecule has 168 valence electrons. The SMILES string of the molecule is Cc1nc(-c2ccc3c(c2)CCN3C(=O)CN2CCCC(c3nc4ccccc4o3)C2)cs1. The van der Waals surface area contributed by atoms with Crippen LogP contribution < -0.4 is 4.90 Å². The van der Waals surface area contributed by atoms with Gasteiger partial charge < -0.3 is 9.32 Å². The Bertz CT molecular complexity index is 1290. The van der Waals surface area contributed by atoms with Crippen LogP contribution in [0, 0.1) is 6.92 Å². The van der Waals surface area contributed by atoms with Gasteiger partial charge in [-0.05, 0) is 62.6 Å². The summed E-state index contributed by atoms with van der Waals surface area (Å²) in [5, 5.41) is 3.17. The van der Waals surface area contributed by atoms with Gasteiger partial charge in [-0.2, -0.15) is 0 Å². The summed E-state index contributed by atoms with van der Waals surface area (Å²) in [5.74, 6) is 1.20. The van der Waals surface area contributed by atoms with Crippen LogP contribution >= 0.6 is 11.3 Å². The number of para-hydroxylation sites is 2. The Kier molecular flexibility index (Phi) is 5.23. The molecule has 1 atom stereocenters. The minimum atomic E-state index is 0.171. The number of piperidine rings is 1. The molecule has 0 bridgehead atoms. The molecule has 0 saturated carbocycles. The lowest BCUT2D eigenvalue weighted by Crippen LogP contribution is -2.43. The zero-order valence-electron chi connectivity index (χ0n) is 18.7.